The van der Waals surface area contributed by atoms with Gasteiger partial charge in [-0.15, -0.1) is 0 Å². The minimum Gasteiger partial charge on any atom is -0.491 e. The van der Waals surface area contributed by atoms with E-state index in [9.17, 15) is 14.7 Å². The number of ketones is 1. The molecule has 5 rings (SSSR count). The summed E-state index contributed by atoms with van der Waals surface area (Å²) in [7, 11) is 0. The highest BCUT2D eigenvalue weighted by atomic mass is 16.5. The Morgan fingerprint density at radius 3 is 2.50 bits per heavy atom. The van der Waals surface area contributed by atoms with Gasteiger partial charge in [-0.3, -0.25) is 14.3 Å². The van der Waals surface area contributed by atoms with Crippen molar-refractivity contribution in [2.75, 3.05) is 11.9 Å². The summed E-state index contributed by atoms with van der Waals surface area (Å²) in [6.45, 7) is 1.75. The predicted molar refractivity (Wildman–Crippen MR) is 121 cm³/mol. The van der Waals surface area contributed by atoms with Crippen LogP contribution in [-0.2, 0) is 11.3 Å². The summed E-state index contributed by atoms with van der Waals surface area (Å²) in [5, 5.41) is 18.9. The quantitative estimate of drug-likeness (QED) is 0.432. The number of anilines is 1. The second-order valence-electron chi connectivity index (χ2n) is 7.78. The number of aliphatic hydroxyl groups excluding tert-OH is 1. The van der Waals surface area contributed by atoms with Crippen LogP contribution in [-0.4, -0.2) is 39.3 Å². The number of amides is 1. The summed E-state index contributed by atoms with van der Waals surface area (Å²) in [6, 6.07) is 20.0. The molecule has 1 atom stereocenters. The first-order valence-electron chi connectivity index (χ1n) is 10.3. The highest BCUT2D eigenvalue weighted by Crippen LogP contribution is 2.38. The number of aromatic nitrogens is 2. The van der Waals surface area contributed by atoms with E-state index in [0.717, 1.165) is 22.2 Å². The maximum Gasteiger partial charge on any atom is 0.221 e. The fourth-order valence-electron chi connectivity index (χ4n) is 4.06. The number of aliphatic hydroxyl groups is 1. The summed E-state index contributed by atoms with van der Waals surface area (Å²) in [6.07, 6.45) is -0.809. The first-order chi connectivity index (χ1) is 15.5. The topological polar surface area (TPSA) is 93.4 Å². The average Bonchev–Trinajstić information content (AvgIpc) is 3.16. The van der Waals surface area contributed by atoms with E-state index < -0.39 is 6.10 Å². The van der Waals surface area contributed by atoms with Crippen LogP contribution in [0.1, 0.15) is 22.8 Å². The summed E-state index contributed by atoms with van der Waals surface area (Å²) in [5.74, 6) is 0.435. The van der Waals surface area contributed by atoms with E-state index in [-0.39, 0.29) is 24.8 Å². The Hall–Kier alpha value is -3.97. The molecule has 3 aromatic carbocycles. The van der Waals surface area contributed by atoms with Crippen molar-refractivity contribution in [2.24, 2.45) is 0 Å². The highest BCUT2D eigenvalue weighted by molar-refractivity contribution is 6.25. The number of rotatable bonds is 6. The van der Waals surface area contributed by atoms with Crippen LogP contribution in [0.25, 0.3) is 22.2 Å². The van der Waals surface area contributed by atoms with E-state index >= 15 is 0 Å². The molecule has 1 aliphatic rings. The first kappa shape index (κ1) is 20.0. The molecule has 32 heavy (non-hydrogen) atoms. The largest absolute Gasteiger partial charge is 0.491 e. The number of nitrogens with one attached hydrogen (secondary N) is 1. The Morgan fingerprint density at radius 2 is 1.75 bits per heavy atom. The second-order valence-corrected chi connectivity index (χ2v) is 7.78. The van der Waals surface area contributed by atoms with Crippen LogP contribution in [0, 0.1) is 0 Å². The molecule has 4 aromatic rings. The molecule has 7 nitrogen and oxygen atoms in total. The molecule has 1 aliphatic carbocycles. The number of carbonyl (C=O) groups is 2. The Bertz CT molecular complexity index is 1340. The molecule has 1 heterocycles. The number of nitrogens with zero attached hydrogens (tertiary/aromatic N) is 2. The molecule has 0 saturated heterocycles. The van der Waals surface area contributed by atoms with Crippen molar-refractivity contribution in [3.05, 3.63) is 77.9 Å². The third-order valence-corrected chi connectivity index (χ3v) is 5.45. The van der Waals surface area contributed by atoms with Gasteiger partial charge >= 0.3 is 0 Å². The molecule has 0 fully saturated rings. The van der Waals surface area contributed by atoms with Crippen molar-refractivity contribution in [3.8, 4) is 17.0 Å². The van der Waals surface area contributed by atoms with E-state index in [2.05, 4.69) is 5.32 Å². The molecule has 0 spiro atoms. The Kier molecular flexibility index (Phi) is 4.95. The number of benzene rings is 3. The Morgan fingerprint density at radius 1 is 1.03 bits per heavy atom. The Labute approximate surface area is 184 Å². The lowest BCUT2D eigenvalue weighted by Crippen LogP contribution is -2.24. The number of carbonyl (C=O) groups excluding carboxylic acids is 2. The van der Waals surface area contributed by atoms with Gasteiger partial charge in [0, 0.05) is 34.7 Å². The van der Waals surface area contributed by atoms with E-state index in [0.29, 0.717) is 22.6 Å². The van der Waals surface area contributed by atoms with Crippen molar-refractivity contribution in [1.82, 2.24) is 9.78 Å². The van der Waals surface area contributed by atoms with Crippen LogP contribution in [0.15, 0.2) is 66.7 Å². The molecule has 1 amide bonds. The first-order valence-corrected chi connectivity index (χ1v) is 10.3. The molecule has 0 bridgehead atoms. The normalized spacial score (nSPS) is 13.0. The fraction of sp³-hybridized carbons (Fsp3) is 0.160. The molecular weight excluding hydrogens is 406 g/mol. The Balaban J connectivity index is 1.36. The molecule has 0 saturated carbocycles. The molecule has 2 N–H and O–H groups in total. The second kappa shape index (κ2) is 7.94. The smallest absolute Gasteiger partial charge is 0.221 e. The van der Waals surface area contributed by atoms with Gasteiger partial charge in [0.25, 0.3) is 0 Å². The third kappa shape index (κ3) is 3.52. The van der Waals surface area contributed by atoms with Crippen LogP contribution in [0.4, 0.5) is 5.69 Å². The van der Waals surface area contributed by atoms with Gasteiger partial charge in [0.15, 0.2) is 5.78 Å². The highest BCUT2D eigenvalue weighted by Gasteiger charge is 2.28. The van der Waals surface area contributed by atoms with Crippen molar-refractivity contribution >= 4 is 28.3 Å². The molecule has 7 heteroatoms. The van der Waals surface area contributed by atoms with Crippen LogP contribution in [0.5, 0.6) is 5.75 Å². The van der Waals surface area contributed by atoms with E-state index in [1.54, 1.807) is 28.9 Å². The maximum absolute atomic E-state index is 12.9. The van der Waals surface area contributed by atoms with Crippen molar-refractivity contribution in [3.63, 3.8) is 0 Å². The van der Waals surface area contributed by atoms with Crippen molar-refractivity contribution < 1.29 is 19.4 Å². The zero-order chi connectivity index (χ0) is 22.2. The van der Waals surface area contributed by atoms with Crippen LogP contribution in [0.3, 0.4) is 0 Å². The van der Waals surface area contributed by atoms with Crippen LogP contribution < -0.4 is 10.1 Å². The van der Waals surface area contributed by atoms with Crippen molar-refractivity contribution in [2.45, 2.75) is 19.6 Å². The van der Waals surface area contributed by atoms with Crippen LogP contribution >= 0.6 is 0 Å². The summed E-state index contributed by atoms with van der Waals surface area (Å²) in [5.41, 5.74) is 4.32. The van der Waals surface area contributed by atoms with E-state index in [4.69, 9.17) is 9.84 Å². The lowest BCUT2D eigenvalue weighted by Gasteiger charge is -2.14. The summed E-state index contributed by atoms with van der Waals surface area (Å²) in [4.78, 5) is 24.1. The minimum absolute atomic E-state index is 0.00941. The van der Waals surface area contributed by atoms with Gasteiger partial charge in [-0.1, -0.05) is 36.4 Å². The number of ether oxygens (including phenoxy) is 1. The van der Waals surface area contributed by atoms with Gasteiger partial charge in [0.05, 0.1) is 12.1 Å². The molecule has 160 valence electrons. The van der Waals surface area contributed by atoms with Gasteiger partial charge in [0.1, 0.15) is 24.2 Å². The fourth-order valence-corrected chi connectivity index (χ4v) is 4.06. The predicted octanol–water partition coefficient (Wildman–Crippen LogP) is 3.65. The SMILES string of the molecule is CC(=O)Nc1ccc(OCC(O)Cn2nc3c4c(cccc42)C(=O)c2ccccc2-3)cc1. The van der Waals surface area contributed by atoms with Gasteiger partial charge in [-0.25, -0.2) is 0 Å². The number of fused-ring (bicyclic) bond motifs is 2. The van der Waals surface area contributed by atoms with Gasteiger partial charge < -0.3 is 15.2 Å². The maximum atomic E-state index is 12.9. The molecule has 1 unspecified atom stereocenters. The average molecular weight is 427 g/mol. The zero-order valence-electron chi connectivity index (χ0n) is 17.4. The molecule has 0 aliphatic heterocycles. The summed E-state index contributed by atoms with van der Waals surface area (Å²) >= 11 is 0. The third-order valence-electron chi connectivity index (χ3n) is 5.45. The number of hydrogen-bond acceptors (Lipinski definition) is 5. The standard InChI is InChI=1S/C25H21N3O4/c1-15(29)26-16-9-11-18(12-10-16)32-14-17(30)13-28-22-8-4-7-21-23(22)24(27-28)19-5-2-3-6-20(19)25(21)31/h2-12,17,30H,13-14H2,1H3,(H,26,29). The summed E-state index contributed by atoms with van der Waals surface area (Å²) < 4.78 is 7.43. The van der Waals surface area contributed by atoms with E-state index in [1.165, 1.54) is 6.92 Å². The molecular formula is C25H21N3O4. The minimum atomic E-state index is -0.809. The van der Waals surface area contributed by atoms with Crippen molar-refractivity contribution in [1.29, 1.82) is 0 Å². The van der Waals surface area contributed by atoms with E-state index in [1.807, 2.05) is 42.5 Å². The zero-order valence-corrected chi connectivity index (χ0v) is 17.4. The lowest BCUT2D eigenvalue weighted by molar-refractivity contribution is -0.114. The number of hydrogen-bond donors (Lipinski definition) is 2. The molecule has 0 radical (unpaired) electrons. The van der Waals surface area contributed by atoms with Gasteiger partial charge in [-0.05, 0) is 30.3 Å². The van der Waals surface area contributed by atoms with Gasteiger partial charge in [-0.2, -0.15) is 5.10 Å². The lowest BCUT2D eigenvalue weighted by atomic mass is 9.87. The monoisotopic (exact) mass is 427 g/mol. The van der Waals surface area contributed by atoms with Crippen LogP contribution in [0.2, 0.25) is 0 Å². The molecule has 1 aromatic heterocycles. The van der Waals surface area contributed by atoms with Gasteiger partial charge in [0.2, 0.25) is 5.91 Å².